The zero-order chi connectivity index (χ0) is 13.9. The van der Waals surface area contributed by atoms with Gasteiger partial charge in [-0.05, 0) is 24.3 Å². The lowest BCUT2D eigenvalue weighted by Gasteiger charge is -2.04. The molecule has 3 rings (SSSR count). The molecule has 0 aliphatic heterocycles. The van der Waals surface area contributed by atoms with Crippen LogP contribution in [-0.2, 0) is 0 Å². The Kier molecular flexibility index (Phi) is 3.62. The molecule has 3 aromatic rings. The van der Waals surface area contributed by atoms with E-state index in [1.54, 1.807) is 18.2 Å². The molecule has 2 aromatic carbocycles. The molecule has 1 heterocycles. The summed E-state index contributed by atoms with van der Waals surface area (Å²) in [7, 11) is 0. The number of aromatic nitrogens is 1. The minimum absolute atomic E-state index is 0.268. The third-order valence-electron chi connectivity index (χ3n) is 2.86. The van der Waals surface area contributed by atoms with Gasteiger partial charge in [0.05, 0.1) is 4.70 Å². The van der Waals surface area contributed by atoms with Gasteiger partial charge in [-0.3, -0.25) is 0 Å². The molecule has 0 amide bonds. The first-order valence-corrected chi connectivity index (χ1v) is 7.08. The van der Waals surface area contributed by atoms with Crippen molar-refractivity contribution in [1.82, 2.24) is 4.98 Å². The van der Waals surface area contributed by atoms with Crippen LogP contribution in [0.3, 0.4) is 0 Å². The topological polar surface area (TPSA) is 48.1 Å². The Morgan fingerprint density at radius 1 is 1.15 bits per heavy atom. The Balaban J connectivity index is 2.09. The van der Waals surface area contributed by atoms with E-state index in [1.807, 2.05) is 18.2 Å². The minimum Gasteiger partial charge on any atom is -0.490 e. The van der Waals surface area contributed by atoms with E-state index in [0.29, 0.717) is 29.5 Å². The van der Waals surface area contributed by atoms with Crippen molar-refractivity contribution in [2.45, 2.75) is 0 Å². The third-order valence-corrected chi connectivity index (χ3v) is 3.92. The summed E-state index contributed by atoms with van der Waals surface area (Å²) in [5.41, 5.74) is 6.71. The van der Waals surface area contributed by atoms with Gasteiger partial charge < -0.3 is 10.5 Å². The average Bonchev–Trinajstić information content (AvgIpc) is 2.89. The van der Waals surface area contributed by atoms with Crippen LogP contribution in [0.5, 0.6) is 5.75 Å². The van der Waals surface area contributed by atoms with Crippen LogP contribution >= 0.6 is 11.3 Å². The maximum absolute atomic E-state index is 13.8. The fraction of sp³-hybridized carbons (Fsp3) is 0.133. The van der Waals surface area contributed by atoms with Crippen LogP contribution in [0.4, 0.5) is 4.39 Å². The Hall–Kier alpha value is -1.98. The first-order chi connectivity index (χ1) is 9.79. The van der Waals surface area contributed by atoms with E-state index in [1.165, 1.54) is 17.4 Å². The van der Waals surface area contributed by atoms with Gasteiger partial charge in [0.1, 0.15) is 28.7 Å². The predicted molar refractivity (Wildman–Crippen MR) is 79.6 cm³/mol. The molecule has 102 valence electrons. The zero-order valence-electron chi connectivity index (χ0n) is 10.7. The lowest BCUT2D eigenvalue weighted by atomic mass is 10.2. The molecule has 0 unspecified atom stereocenters. The second-order valence-electron chi connectivity index (χ2n) is 4.24. The maximum Gasteiger partial charge on any atom is 0.146 e. The van der Waals surface area contributed by atoms with Gasteiger partial charge in [-0.25, -0.2) is 9.37 Å². The summed E-state index contributed by atoms with van der Waals surface area (Å²) in [5, 5.41) is 0.655. The van der Waals surface area contributed by atoms with E-state index in [4.69, 9.17) is 10.5 Å². The fourth-order valence-electron chi connectivity index (χ4n) is 1.96. The number of benzene rings is 2. The SMILES string of the molecule is NCCOc1cccc2sc(-c3ccccc3F)nc12. The van der Waals surface area contributed by atoms with Gasteiger partial charge in [-0.15, -0.1) is 11.3 Å². The molecule has 3 nitrogen and oxygen atoms in total. The molecule has 0 atom stereocenters. The minimum atomic E-state index is -0.268. The lowest BCUT2D eigenvalue weighted by Crippen LogP contribution is -2.10. The molecule has 0 spiro atoms. The van der Waals surface area contributed by atoms with Crippen molar-refractivity contribution < 1.29 is 9.13 Å². The van der Waals surface area contributed by atoms with Crippen LogP contribution in [0.15, 0.2) is 42.5 Å². The largest absolute Gasteiger partial charge is 0.490 e. The fourth-order valence-corrected chi connectivity index (χ4v) is 2.97. The highest BCUT2D eigenvalue weighted by atomic mass is 32.1. The smallest absolute Gasteiger partial charge is 0.146 e. The Labute approximate surface area is 119 Å². The number of thiazole rings is 1. The van der Waals surface area contributed by atoms with Gasteiger partial charge in [-0.2, -0.15) is 0 Å². The molecule has 0 aliphatic rings. The number of hydrogen-bond acceptors (Lipinski definition) is 4. The van der Waals surface area contributed by atoms with Crippen molar-refractivity contribution in [3.8, 4) is 16.3 Å². The van der Waals surface area contributed by atoms with Crippen LogP contribution in [0.1, 0.15) is 0 Å². The second kappa shape index (κ2) is 5.56. The normalized spacial score (nSPS) is 10.9. The Morgan fingerprint density at radius 3 is 2.80 bits per heavy atom. The first kappa shape index (κ1) is 13.0. The number of halogens is 1. The molecule has 0 bridgehead atoms. The molecule has 0 fully saturated rings. The van der Waals surface area contributed by atoms with Crippen LogP contribution in [0.2, 0.25) is 0 Å². The number of rotatable bonds is 4. The highest BCUT2D eigenvalue weighted by molar-refractivity contribution is 7.21. The summed E-state index contributed by atoms with van der Waals surface area (Å²) in [4.78, 5) is 4.51. The first-order valence-electron chi connectivity index (χ1n) is 6.27. The van der Waals surface area contributed by atoms with Crippen molar-refractivity contribution in [3.05, 3.63) is 48.3 Å². The number of para-hydroxylation sites is 1. The Bertz CT molecular complexity index is 742. The maximum atomic E-state index is 13.8. The van der Waals surface area contributed by atoms with Gasteiger partial charge in [-0.1, -0.05) is 18.2 Å². The van der Waals surface area contributed by atoms with E-state index in [-0.39, 0.29) is 5.82 Å². The van der Waals surface area contributed by atoms with Gasteiger partial charge >= 0.3 is 0 Å². The van der Waals surface area contributed by atoms with E-state index in [9.17, 15) is 4.39 Å². The van der Waals surface area contributed by atoms with Crippen LogP contribution in [-0.4, -0.2) is 18.1 Å². The molecule has 2 N–H and O–H groups in total. The molecule has 0 saturated carbocycles. The molecule has 0 radical (unpaired) electrons. The van der Waals surface area contributed by atoms with Gasteiger partial charge in [0.25, 0.3) is 0 Å². The predicted octanol–water partition coefficient (Wildman–Crippen LogP) is 3.44. The van der Waals surface area contributed by atoms with Crippen molar-refractivity contribution in [2.24, 2.45) is 5.73 Å². The van der Waals surface area contributed by atoms with E-state index >= 15 is 0 Å². The van der Waals surface area contributed by atoms with Gasteiger partial charge in [0.2, 0.25) is 0 Å². The standard InChI is InChI=1S/C15H13FN2OS/c16-11-5-2-1-4-10(11)15-18-14-12(19-9-8-17)6-3-7-13(14)20-15/h1-7H,8-9,17H2. The molecule has 1 aromatic heterocycles. The van der Waals surface area contributed by atoms with Crippen molar-refractivity contribution in [3.63, 3.8) is 0 Å². The average molecular weight is 288 g/mol. The summed E-state index contributed by atoms with van der Waals surface area (Å²) in [5.74, 6) is 0.419. The van der Waals surface area contributed by atoms with E-state index < -0.39 is 0 Å². The molecule has 0 aliphatic carbocycles. The van der Waals surface area contributed by atoms with Crippen LogP contribution < -0.4 is 10.5 Å². The van der Waals surface area contributed by atoms with Crippen molar-refractivity contribution in [2.75, 3.05) is 13.2 Å². The second-order valence-corrected chi connectivity index (χ2v) is 5.27. The summed E-state index contributed by atoms with van der Waals surface area (Å²) < 4.78 is 20.4. The number of ether oxygens (including phenoxy) is 1. The molecular formula is C15H13FN2OS. The highest BCUT2D eigenvalue weighted by Gasteiger charge is 2.12. The number of fused-ring (bicyclic) bond motifs is 1. The summed E-state index contributed by atoms with van der Waals surface area (Å²) in [6.07, 6.45) is 0. The summed E-state index contributed by atoms with van der Waals surface area (Å²) in [6, 6.07) is 12.3. The number of nitrogens with zero attached hydrogens (tertiary/aromatic N) is 1. The Morgan fingerprint density at radius 2 is 2.00 bits per heavy atom. The number of nitrogens with two attached hydrogens (primary N) is 1. The molecular weight excluding hydrogens is 275 g/mol. The van der Waals surface area contributed by atoms with Crippen molar-refractivity contribution in [1.29, 1.82) is 0 Å². The van der Waals surface area contributed by atoms with Crippen molar-refractivity contribution >= 4 is 21.6 Å². The molecule has 5 heteroatoms. The highest BCUT2D eigenvalue weighted by Crippen LogP contribution is 2.35. The lowest BCUT2D eigenvalue weighted by molar-refractivity contribution is 0.331. The van der Waals surface area contributed by atoms with Crippen LogP contribution in [0, 0.1) is 5.82 Å². The van der Waals surface area contributed by atoms with Gasteiger partial charge in [0.15, 0.2) is 0 Å². The quantitative estimate of drug-likeness (QED) is 0.800. The van der Waals surface area contributed by atoms with E-state index in [0.717, 1.165) is 10.2 Å². The third kappa shape index (κ3) is 2.37. The van der Waals surface area contributed by atoms with Crippen LogP contribution in [0.25, 0.3) is 20.8 Å². The molecule has 0 saturated heterocycles. The number of hydrogen-bond donors (Lipinski definition) is 1. The molecule has 20 heavy (non-hydrogen) atoms. The zero-order valence-corrected chi connectivity index (χ0v) is 11.5. The summed E-state index contributed by atoms with van der Waals surface area (Å²) >= 11 is 1.45. The van der Waals surface area contributed by atoms with E-state index in [2.05, 4.69) is 4.98 Å². The summed E-state index contributed by atoms with van der Waals surface area (Å²) in [6.45, 7) is 0.881. The monoisotopic (exact) mass is 288 g/mol. The van der Waals surface area contributed by atoms with Gasteiger partial charge in [0, 0.05) is 12.1 Å².